The average Bonchev–Trinajstić information content (AvgIpc) is 2.80. The van der Waals surface area contributed by atoms with Gasteiger partial charge in [0.2, 0.25) is 0 Å². The van der Waals surface area contributed by atoms with Crippen LogP contribution in [0.1, 0.15) is 35.7 Å². The summed E-state index contributed by atoms with van der Waals surface area (Å²) in [5.74, 6) is -1.13. The molecule has 0 aliphatic carbocycles. The Morgan fingerprint density at radius 1 is 1.03 bits per heavy atom. The summed E-state index contributed by atoms with van der Waals surface area (Å²) in [5.41, 5.74) is 12.2. The van der Waals surface area contributed by atoms with Crippen LogP contribution in [0, 0.1) is 0 Å². The van der Waals surface area contributed by atoms with Crippen molar-refractivity contribution in [2.45, 2.75) is 19.8 Å². The molecule has 0 saturated heterocycles. The lowest BCUT2D eigenvalue weighted by Crippen LogP contribution is -2.31. The largest absolute Gasteiger partial charge is 0.452 e. The first-order valence-electron chi connectivity index (χ1n) is 10.4. The van der Waals surface area contributed by atoms with Crippen LogP contribution in [0.5, 0.6) is 5.75 Å². The number of hydrogen-bond donors (Lipinski definition) is 2. The van der Waals surface area contributed by atoms with Crippen LogP contribution in [-0.4, -0.2) is 48.9 Å². The monoisotopic (exact) mass is 452 g/mol. The molecule has 0 radical (unpaired) electrons. The molecule has 0 unspecified atom stereocenters. The summed E-state index contributed by atoms with van der Waals surface area (Å²) < 4.78 is 10.3. The lowest BCUT2D eigenvalue weighted by atomic mass is 10.2. The smallest absolute Gasteiger partial charge is 0.343 e. The van der Waals surface area contributed by atoms with Crippen molar-refractivity contribution in [3.63, 3.8) is 0 Å². The van der Waals surface area contributed by atoms with Gasteiger partial charge in [0, 0.05) is 19.7 Å². The molecule has 9 nitrogen and oxygen atoms in total. The number of esters is 2. The Morgan fingerprint density at radius 2 is 1.70 bits per heavy atom. The Balaban J connectivity index is 1.85. The van der Waals surface area contributed by atoms with E-state index in [9.17, 15) is 14.4 Å². The van der Waals surface area contributed by atoms with Gasteiger partial charge >= 0.3 is 11.9 Å². The highest BCUT2D eigenvalue weighted by Crippen LogP contribution is 2.17. The molecular formula is C24H28N4O5. The van der Waals surface area contributed by atoms with Crippen LogP contribution in [0.3, 0.4) is 0 Å². The maximum absolute atomic E-state index is 12.3. The summed E-state index contributed by atoms with van der Waals surface area (Å²) >= 11 is 0. The first-order valence-corrected chi connectivity index (χ1v) is 10.4. The molecule has 0 fully saturated rings. The molecule has 0 aliphatic rings. The number of unbranched alkanes of at least 4 members (excludes halogenated alkanes) is 1. The number of rotatable bonds is 10. The molecule has 4 N–H and O–H groups in total. The SMILES string of the molecule is CCCCN(C)C(=O)COC(=O)C=Cc1ccc(OC(=O)c2ccc(N=C(N)N)cc2)cc1. The predicted octanol–water partition coefficient (Wildman–Crippen LogP) is 2.63. The second kappa shape index (κ2) is 12.7. The van der Waals surface area contributed by atoms with E-state index in [-0.39, 0.29) is 18.5 Å². The van der Waals surface area contributed by atoms with Gasteiger partial charge in [-0.1, -0.05) is 25.5 Å². The van der Waals surface area contributed by atoms with Crippen molar-refractivity contribution in [1.29, 1.82) is 0 Å². The zero-order chi connectivity index (χ0) is 24.2. The van der Waals surface area contributed by atoms with E-state index in [0.717, 1.165) is 12.8 Å². The molecule has 0 spiro atoms. The van der Waals surface area contributed by atoms with Gasteiger partial charge < -0.3 is 25.8 Å². The minimum absolute atomic E-state index is 0.0729. The van der Waals surface area contributed by atoms with Gasteiger partial charge in [-0.3, -0.25) is 4.79 Å². The molecule has 33 heavy (non-hydrogen) atoms. The second-order valence-electron chi connectivity index (χ2n) is 7.15. The quantitative estimate of drug-likeness (QED) is 0.186. The summed E-state index contributed by atoms with van der Waals surface area (Å²) in [4.78, 5) is 41.4. The van der Waals surface area contributed by atoms with E-state index in [1.807, 2.05) is 6.92 Å². The minimum atomic E-state index is -0.619. The number of guanidine groups is 1. The standard InChI is InChI=1S/C24H28N4O5/c1-3-4-15-28(2)21(29)16-32-22(30)14-7-17-5-12-20(13-6-17)33-23(31)18-8-10-19(11-9-18)27-24(25)26/h5-14H,3-4,15-16H2,1-2H3,(H4,25,26,27). The molecule has 0 atom stereocenters. The number of ether oxygens (including phenoxy) is 2. The third-order valence-electron chi connectivity index (χ3n) is 4.47. The lowest BCUT2D eigenvalue weighted by Gasteiger charge is -2.16. The molecule has 0 saturated carbocycles. The molecule has 0 bridgehead atoms. The van der Waals surface area contributed by atoms with E-state index < -0.39 is 11.9 Å². The van der Waals surface area contributed by atoms with Crippen molar-refractivity contribution in [3.05, 3.63) is 65.7 Å². The molecule has 1 amide bonds. The molecule has 0 heterocycles. The molecule has 2 rings (SSSR count). The first-order chi connectivity index (χ1) is 15.8. The minimum Gasteiger partial charge on any atom is -0.452 e. The zero-order valence-corrected chi connectivity index (χ0v) is 18.7. The topological polar surface area (TPSA) is 137 Å². The van der Waals surface area contributed by atoms with Gasteiger partial charge in [0.05, 0.1) is 11.3 Å². The van der Waals surface area contributed by atoms with E-state index in [0.29, 0.717) is 29.1 Å². The number of carbonyl (C=O) groups is 3. The number of benzene rings is 2. The van der Waals surface area contributed by atoms with E-state index in [1.54, 1.807) is 66.6 Å². The van der Waals surface area contributed by atoms with E-state index >= 15 is 0 Å². The van der Waals surface area contributed by atoms with Gasteiger partial charge in [0.25, 0.3) is 5.91 Å². The van der Waals surface area contributed by atoms with Crippen molar-refractivity contribution in [1.82, 2.24) is 4.90 Å². The van der Waals surface area contributed by atoms with Crippen LogP contribution >= 0.6 is 0 Å². The molecule has 174 valence electrons. The number of hydrogen-bond acceptors (Lipinski definition) is 6. The highest BCUT2D eigenvalue weighted by Gasteiger charge is 2.11. The van der Waals surface area contributed by atoms with Gasteiger partial charge in [0.1, 0.15) is 5.75 Å². The molecule has 0 aliphatic heterocycles. The Morgan fingerprint density at radius 3 is 2.30 bits per heavy atom. The summed E-state index contributed by atoms with van der Waals surface area (Å²) in [6, 6.07) is 12.9. The van der Waals surface area contributed by atoms with Crippen molar-refractivity contribution < 1.29 is 23.9 Å². The Hall–Kier alpha value is -4.14. The van der Waals surface area contributed by atoms with Crippen LogP contribution in [0.25, 0.3) is 6.08 Å². The van der Waals surface area contributed by atoms with Crippen molar-refractivity contribution in [2.75, 3.05) is 20.2 Å². The lowest BCUT2D eigenvalue weighted by molar-refractivity contribution is -0.147. The predicted molar refractivity (Wildman–Crippen MR) is 126 cm³/mol. The van der Waals surface area contributed by atoms with Gasteiger partial charge in [-0.15, -0.1) is 0 Å². The van der Waals surface area contributed by atoms with E-state index in [2.05, 4.69) is 4.99 Å². The van der Waals surface area contributed by atoms with Crippen molar-refractivity contribution in [2.24, 2.45) is 16.5 Å². The average molecular weight is 453 g/mol. The third kappa shape index (κ3) is 8.86. The highest BCUT2D eigenvalue weighted by molar-refractivity contribution is 5.92. The summed E-state index contributed by atoms with van der Waals surface area (Å²) in [7, 11) is 1.68. The number of amides is 1. The van der Waals surface area contributed by atoms with Gasteiger partial charge in [-0.2, -0.15) is 0 Å². The van der Waals surface area contributed by atoms with Crippen LogP contribution in [-0.2, 0) is 14.3 Å². The number of likely N-dealkylation sites (N-methyl/N-ethyl adjacent to an activating group) is 1. The van der Waals surface area contributed by atoms with Crippen molar-refractivity contribution in [3.8, 4) is 5.75 Å². The first kappa shape index (κ1) is 25.1. The maximum Gasteiger partial charge on any atom is 0.343 e. The molecule has 0 aromatic heterocycles. The fourth-order valence-electron chi connectivity index (χ4n) is 2.61. The number of aliphatic imine (C=N–C) groups is 1. The van der Waals surface area contributed by atoms with Crippen LogP contribution in [0.2, 0.25) is 0 Å². The number of nitrogens with zero attached hydrogens (tertiary/aromatic N) is 2. The number of carbonyl (C=O) groups excluding carboxylic acids is 3. The van der Waals surface area contributed by atoms with Crippen molar-refractivity contribution >= 4 is 35.6 Å². The second-order valence-corrected chi connectivity index (χ2v) is 7.15. The van der Waals surface area contributed by atoms with Crippen LogP contribution < -0.4 is 16.2 Å². The highest BCUT2D eigenvalue weighted by atomic mass is 16.5. The molecule has 2 aromatic rings. The van der Waals surface area contributed by atoms with Gasteiger partial charge in [-0.25, -0.2) is 14.6 Å². The fourth-order valence-corrected chi connectivity index (χ4v) is 2.61. The van der Waals surface area contributed by atoms with Gasteiger partial charge in [0.15, 0.2) is 12.6 Å². The maximum atomic E-state index is 12.3. The van der Waals surface area contributed by atoms with Gasteiger partial charge in [-0.05, 0) is 54.5 Å². The third-order valence-corrected chi connectivity index (χ3v) is 4.47. The molecule has 2 aromatic carbocycles. The van der Waals surface area contributed by atoms with E-state index in [1.165, 1.54) is 6.08 Å². The van der Waals surface area contributed by atoms with Crippen LogP contribution in [0.4, 0.5) is 5.69 Å². The fraction of sp³-hybridized carbons (Fsp3) is 0.250. The zero-order valence-electron chi connectivity index (χ0n) is 18.7. The number of nitrogens with two attached hydrogens (primary N) is 2. The summed E-state index contributed by atoms with van der Waals surface area (Å²) in [5, 5.41) is 0. The summed E-state index contributed by atoms with van der Waals surface area (Å²) in [6.07, 6.45) is 4.65. The van der Waals surface area contributed by atoms with E-state index in [4.69, 9.17) is 20.9 Å². The molecule has 9 heteroatoms. The summed E-state index contributed by atoms with van der Waals surface area (Å²) in [6.45, 7) is 2.36. The molecular weight excluding hydrogens is 424 g/mol. The Labute approximate surface area is 192 Å². The normalized spacial score (nSPS) is 10.5. The Kier molecular flexibility index (Phi) is 9.63. The Bertz CT molecular complexity index is 1010. The van der Waals surface area contributed by atoms with Crippen LogP contribution in [0.15, 0.2) is 59.6 Å².